The van der Waals surface area contributed by atoms with E-state index in [2.05, 4.69) is 10.3 Å². The highest BCUT2D eigenvalue weighted by molar-refractivity contribution is 8.76. The largest absolute Gasteiger partial charge is 0.514 e. The summed E-state index contributed by atoms with van der Waals surface area (Å²) in [7, 11) is 3.12. The molecule has 0 aromatic carbocycles. The molecule has 1 aromatic heterocycles. The van der Waals surface area contributed by atoms with Crippen LogP contribution in [0.1, 0.15) is 6.42 Å². The van der Waals surface area contributed by atoms with Crippen LogP contribution < -0.4 is 5.32 Å². The van der Waals surface area contributed by atoms with E-state index in [4.69, 9.17) is 5.11 Å². The number of pyridine rings is 1. The maximum atomic E-state index is 11.1. The van der Waals surface area contributed by atoms with Gasteiger partial charge in [0.05, 0.1) is 6.26 Å². The molecule has 0 aliphatic carbocycles. The molecule has 0 unspecified atom stereocenters. The van der Waals surface area contributed by atoms with Gasteiger partial charge in [0.15, 0.2) is 0 Å². The van der Waals surface area contributed by atoms with E-state index in [1.165, 1.54) is 6.20 Å². The highest BCUT2D eigenvalue weighted by Crippen LogP contribution is 2.29. The van der Waals surface area contributed by atoms with Gasteiger partial charge in [0.1, 0.15) is 5.03 Å². The van der Waals surface area contributed by atoms with Crippen LogP contribution in [0.5, 0.6) is 0 Å². The molecule has 0 aliphatic heterocycles. The van der Waals surface area contributed by atoms with Gasteiger partial charge < -0.3 is 10.4 Å². The first kappa shape index (κ1) is 12.9. The smallest absolute Gasteiger partial charge is 0.224 e. The van der Waals surface area contributed by atoms with Crippen LogP contribution in [0.15, 0.2) is 41.9 Å². The summed E-state index contributed by atoms with van der Waals surface area (Å²) >= 11 is 0. The molecular formula is C10H12N2O2S2. The molecule has 0 fully saturated rings. The zero-order valence-corrected chi connectivity index (χ0v) is 10.1. The number of rotatable bonds is 6. The van der Waals surface area contributed by atoms with Crippen LogP contribution in [0.2, 0.25) is 0 Å². The maximum Gasteiger partial charge on any atom is 0.224 e. The maximum absolute atomic E-state index is 11.1. The van der Waals surface area contributed by atoms with Crippen LogP contribution in [0.4, 0.5) is 0 Å². The van der Waals surface area contributed by atoms with Gasteiger partial charge in [-0.3, -0.25) is 4.79 Å². The standard InChI is InChI=1S/C10H12N2O2S2/c13-7-6-11-9(14)4-8-15-16-10-3-1-2-5-12-10/h1-3,5-7,13H,4,8H2,(H,11,14)/b7-6-. The zero-order valence-electron chi connectivity index (χ0n) is 8.50. The van der Waals surface area contributed by atoms with Gasteiger partial charge in [0.25, 0.3) is 0 Å². The van der Waals surface area contributed by atoms with E-state index < -0.39 is 0 Å². The number of hydrogen-bond acceptors (Lipinski definition) is 5. The van der Waals surface area contributed by atoms with Crippen molar-refractivity contribution in [3.05, 3.63) is 36.9 Å². The first-order valence-electron chi connectivity index (χ1n) is 4.62. The van der Waals surface area contributed by atoms with Gasteiger partial charge in [0.2, 0.25) is 5.91 Å². The van der Waals surface area contributed by atoms with Crippen LogP contribution in [0, 0.1) is 0 Å². The number of amides is 1. The fourth-order valence-corrected chi connectivity index (χ4v) is 2.70. The number of aromatic nitrogens is 1. The number of nitrogens with one attached hydrogen (secondary N) is 1. The lowest BCUT2D eigenvalue weighted by Crippen LogP contribution is -2.16. The Hall–Kier alpha value is -1.14. The van der Waals surface area contributed by atoms with Gasteiger partial charge in [-0.05, 0) is 22.9 Å². The summed E-state index contributed by atoms with van der Waals surface area (Å²) in [6.07, 6.45) is 4.16. The minimum absolute atomic E-state index is 0.112. The summed E-state index contributed by atoms with van der Waals surface area (Å²) in [5.74, 6) is 0.589. The molecule has 0 saturated carbocycles. The summed E-state index contributed by atoms with van der Waals surface area (Å²) in [6, 6.07) is 5.71. The third kappa shape index (κ3) is 5.67. The normalized spacial score (nSPS) is 10.5. The summed E-state index contributed by atoms with van der Waals surface area (Å²) in [6.45, 7) is 0. The van der Waals surface area contributed by atoms with Gasteiger partial charge >= 0.3 is 0 Å². The molecule has 1 aromatic rings. The third-order valence-electron chi connectivity index (χ3n) is 1.51. The quantitative estimate of drug-likeness (QED) is 0.465. The lowest BCUT2D eigenvalue weighted by atomic mass is 10.4. The number of hydrogen-bond donors (Lipinski definition) is 2. The van der Waals surface area contributed by atoms with Crippen molar-refractivity contribution in [2.24, 2.45) is 0 Å². The number of carbonyl (C=O) groups excluding carboxylic acids is 1. The molecular weight excluding hydrogens is 244 g/mol. The lowest BCUT2D eigenvalue weighted by molar-refractivity contribution is -0.119. The summed E-state index contributed by atoms with van der Waals surface area (Å²) in [5, 5.41) is 11.7. The Morgan fingerprint density at radius 2 is 2.44 bits per heavy atom. The summed E-state index contributed by atoms with van der Waals surface area (Å²) < 4.78 is 0. The molecule has 0 radical (unpaired) electrons. The van der Waals surface area contributed by atoms with E-state index in [-0.39, 0.29) is 5.91 Å². The Morgan fingerprint density at radius 3 is 3.12 bits per heavy atom. The summed E-state index contributed by atoms with van der Waals surface area (Å²) in [4.78, 5) is 15.2. The molecule has 86 valence electrons. The van der Waals surface area contributed by atoms with Crippen molar-refractivity contribution in [1.82, 2.24) is 10.3 Å². The van der Waals surface area contributed by atoms with Gasteiger partial charge in [-0.2, -0.15) is 0 Å². The van der Waals surface area contributed by atoms with E-state index in [1.807, 2.05) is 18.2 Å². The molecule has 16 heavy (non-hydrogen) atoms. The first-order valence-corrected chi connectivity index (χ1v) is 6.94. The van der Waals surface area contributed by atoms with Crippen molar-refractivity contribution in [1.29, 1.82) is 0 Å². The predicted molar refractivity (Wildman–Crippen MR) is 67.1 cm³/mol. The van der Waals surface area contributed by atoms with Crippen molar-refractivity contribution in [2.45, 2.75) is 11.4 Å². The predicted octanol–water partition coefficient (Wildman–Crippen LogP) is 2.36. The van der Waals surface area contributed by atoms with Crippen LogP contribution in [-0.4, -0.2) is 21.8 Å². The molecule has 6 heteroatoms. The van der Waals surface area contributed by atoms with Crippen molar-refractivity contribution < 1.29 is 9.90 Å². The fourth-order valence-electron chi connectivity index (χ4n) is 0.835. The van der Waals surface area contributed by atoms with E-state index in [9.17, 15) is 4.79 Å². The first-order chi connectivity index (χ1) is 7.83. The topological polar surface area (TPSA) is 62.2 Å². The molecule has 0 saturated heterocycles. The second kappa shape index (κ2) is 8.06. The van der Waals surface area contributed by atoms with E-state index in [1.54, 1.807) is 27.8 Å². The number of aliphatic hydroxyl groups is 1. The third-order valence-corrected chi connectivity index (χ3v) is 3.78. The van der Waals surface area contributed by atoms with Crippen molar-refractivity contribution in [3.63, 3.8) is 0 Å². The van der Waals surface area contributed by atoms with E-state index >= 15 is 0 Å². The van der Waals surface area contributed by atoms with Crippen LogP contribution in [-0.2, 0) is 4.79 Å². The van der Waals surface area contributed by atoms with Crippen LogP contribution in [0.25, 0.3) is 0 Å². The fraction of sp³-hybridized carbons (Fsp3) is 0.200. The lowest BCUT2D eigenvalue weighted by Gasteiger charge is -2.00. The molecule has 1 rings (SSSR count). The van der Waals surface area contributed by atoms with Gasteiger partial charge in [-0.1, -0.05) is 16.9 Å². The highest BCUT2D eigenvalue weighted by atomic mass is 33.1. The molecule has 0 spiro atoms. The van der Waals surface area contributed by atoms with Crippen LogP contribution in [0.3, 0.4) is 0 Å². The average molecular weight is 256 g/mol. The molecule has 0 bridgehead atoms. The SMILES string of the molecule is O=C(CCSSc1ccccn1)N/C=C\O. The Balaban J connectivity index is 2.10. The minimum Gasteiger partial charge on any atom is -0.514 e. The second-order valence-corrected chi connectivity index (χ2v) is 5.14. The van der Waals surface area contributed by atoms with E-state index in [0.717, 1.165) is 11.3 Å². The molecule has 0 atom stereocenters. The zero-order chi connectivity index (χ0) is 11.6. The molecule has 0 aliphatic rings. The molecule has 4 nitrogen and oxygen atoms in total. The summed E-state index contributed by atoms with van der Waals surface area (Å²) in [5.41, 5.74) is 0. The van der Waals surface area contributed by atoms with Crippen molar-refractivity contribution in [3.8, 4) is 0 Å². The highest BCUT2D eigenvalue weighted by Gasteiger charge is 2.00. The van der Waals surface area contributed by atoms with Crippen LogP contribution >= 0.6 is 21.6 Å². The number of nitrogens with zero attached hydrogens (tertiary/aromatic N) is 1. The molecule has 1 amide bonds. The Morgan fingerprint density at radius 1 is 1.56 bits per heavy atom. The van der Waals surface area contributed by atoms with Crippen molar-refractivity contribution in [2.75, 3.05) is 5.75 Å². The monoisotopic (exact) mass is 256 g/mol. The number of carbonyl (C=O) groups is 1. The van der Waals surface area contributed by atoms with Crippen molar-refractivity contribution >= 4 is 27.5 Å². The Labute approximate surface area is 102 Å². The Bertz CT molecular complexity index is 344. The molecule has 1 heterocycles. The minimum atomic E-state index is -0.112. The second-order valence-electron chi connectivity index (χ2n) is 2.71. The van der Waals surface area contributed by atoms with Gasteiger partial charge in [-0.25, -0.2) is 4.98 Å². The van der Waals surface area contributed by atoms with Gasteiger partial charge in [0, 0.05) is 24.6 Å². The van der Waals surface area contributed by atoms with Gasteiger partial charge in [-0.15, -0.1) is 0 Å². The number of aliphatic hydroxyl groups excluding tert-OH is 1. The average Bonchev–Trinajstić information content (AvgIpc) is 2.33. The van der Waals surface area contributed by atoms with E-state index in [0.29, 0.717) is 12.2 Å². The molecule has 2 N–H and O–H groups in total. The Kier molecular flexibility index (Phi) is 6.52.